The summed E-state index contributed by atoms with van der Waals surface area (Å²) in [5, 5.41) is 4.99. The fraction of sp³-hybridized carbons (Fsp3) is 0.381. The molecule has 0 unspecified atom stereocenters. The minimum Gasteiger partial charge on any atom is -0.339 e. The summed E-state index contributed by atoms with van der Waals surface area (Å²) in [6.07, 6.45) is 5.23. The number of piperidine rings is 1. The van der Waals surface area contributed by atoms with Crippen molar-refractivity contribution in [2.75, 3.05) is 7.05 Å². The van der Waals surface area contributed by atoms with Gasteiger partial charge in [-0.05, 0) is 62.1 Å². The van der Waals surface area contributed by atoms with Crippen LogP contribution in [-0.4, -0.2) is 39.2 Å². The molecule has 27 heavy (non-hydrogen) atoms. The summed E-state index contributed by atoms with van der Waals surface area (Å²) in [6.45, 7) is 0. The molecule has 2 aromatic heterocycles. The molecule has 4 atom stereocenters. The minimum absolute atomic E-state index is 0.180. The standard InChI is InChI=1S/C21H21ClN4O/c1-26-15-9-10-18(26)19(16(12-15)13-5-7-14(22)8-6-13)21-24-20(25-27-21)17-4-2-3-11-23-17/h2-8,11,15-16,18-19H,9-10,12H2,1H3/t15-,16+,18+,19+/m0/s1. The number of aromatic nitrogens is 3. The molecule has 0 radical (unpaired) electrons. The number of likely N-dealkylation sites (N-methyl/N-ethyl adjacent to an activating group) is 1. The van der Waals surface area contributed by atoms with Gasteiger partial charge in [-0.15, -0.1) is 0 Å². The fourth-order valence-corrected chi connectivity index (χ4v) is 4.95. The van der Waals surface area contributed by atoms with Crippen molar-refractivity contribution in [3.05, 3.63) is 65.1 Å². The maximum atomic E-state index is 6.11. The minimum atomic E-state index is 0.180. The molecule has 1 aromatic carbocycles. The first-order valence-electron chi connectivity index (χ1n) is 9.43. The van der Waals surface area contributed by atoms with E-state index in [2.05, 4.69) is 34.2 Å². The van der Waals surface area contributed by atoms with Gasteiger partial charge in [0.05, 0.1) is 5.92 Å². The smallest absolute Gasteiger partial charge is 0.232 e. The van der Waals surface area contributed by atoms with E-state index in [1.807, 2.05) is 30.3 Å². The Balaban J connectivity index is 1.54. The van der Waals surface area contributed by atoms with Crippen LogP contribution in [0.5, 0.6) is 0 Å². The molecular formula is C21H21ClN4O. The molecule has 0 amide bonds. The number of hydrogen-bond donors (Lipinski definition) is 0. The summed E-state index contributed by atoms with van der Waals surface area (Å²) >= 11 is 6.11. The van der Waals surface area contributed by atoms with Gasteiger partial charge in [0.1, 0.15) is 5.69 Å². The highest BCUT2D eigenvalue weighted by Gasteiger charge is 2.48. The predicted molar refractivity (Wildman–Crippen MR) is 104 cm³/mol. The first-order chi connectivity index (χ1) is 13.2. The van der Waals surface area contributed by atoms with Crippen LogP contribution in [0.1, 0.15) is 42.6 Å². The number of rotatable bonds is 3. The quantitative estimate of drug-likeness (QED) is 0.668. The van der Waals surface area contributed by atoms with Gasteiger partial charge in [0.2, 0.25) is 11.7 Å². The van der Waals surface area contributed by atoms with Crippen molar-refractivity contribution in [2.45, 2.75) is 43.2 Å². The molecule has 2 saturated heterocycles. The second-order valence-corrected chi connectivity index (χ2v) is 7.99. The molecular weight excluding hydrogens is 360 g/mol. The van der Waals surface area contributed by atoms with E-state index in [9.17, 15) is 0 Å². The molecule has 0 spiro atoms. The molecule has 3 aromatic rings. The Morgan fingerprint density at radius 2 is 1.96 bits per heavy atom. The maximum Gasteiger partial charge on any atom is 0.232 e. The van der Waals surface area contributed by atoms with Gasteiger partial charge in [-0.25, -0.2) is 0 Å². The zero-order valence-corrected chi connectivity index (χ0v) is 15.9. The number of benzene rings is 1. The summed E-state index contributed by atoms with van der Waals surface area (Å²) < 4.78 is 5.78. The molecule has 5 nitrogen and oxygen atoms in total. The Morgan fingerprint density at radius 3 is 2.74 bits per heavy atom. The number of pyridine rings is 1. The van der Waals surface area contributed by atoms with Gasteiger partial charge < -0.3 is 4.52 Å². The lowest BCUT2D eigenvalue weighted by atomic mass is 9.76. The van der Waals surface area contributed by atoms with Crippen molar-refractivity contribution < 1.29 is 4.52 Å². The Kier molecular flexibility index (Phi) is 4.21. The number of hydrogen-bond acceptors (Lipinski definition) is 5. The third-order valence-corrected chi connectivity index (χ3v) is 6.44. The van der Waals surface area contributed by atoms with Crippen molar-refractivity contribution in [3.63, 3.8) is 0 Å². The zero-order valence-electron chi connectivity index (χ0n) is 15.1. The van der Waals surface area contributed by atoms with E-state index in [0.29, 0.717) is 29.7 Å². The Morgan fingerprint density at radius 1 is 1.11 bits per heavy atom. The van der Waals surface area contributed by atoms with E-state index in [0.717, 1.165) is 23.6 Å². The number of halogens is 1. The second kappa shape index (κ2) is 6.73. The lowest BCUT2D eigenvalue weighted by Gasteiger charge is -2.41. The SMILES string of the molecule is CN1[C@H]2CC[C@@H]1[C@H](c1nc(-c3ccccn3)no1)[C@@H](c1ccc(Cl)cc1)C2. The third-order valence-electron chi connectivity index (χ3n) is 6.19. The number of fused-ring (bicyclic) bond motifs is 2. The molecule has 6 heteroatoms. The Bertz CT molecular complexity index is 927. The van der Waals surface area contributed by atoms with Crippen LogP contribution in [0.15, 0.2) is 53.2 Å². The maximum absolute atomic E-state index is 6.11. The summed E-state index contributed by atoms with van der Waals surface area (Å²) in [5.74, 6) is 1.81. The molecule has 2 aliphatic rings. The van der Waals surface area contributed by atoms with Gasteiger partial charge in [-0.2, -0.15) is 4.98 Å². The highest BCUT2D eigenvalue weighted by Crippen LogP contribution is 2.50. The molecule has 2 aliphatic heterocycles. The van der Waals surface area contributed by atoms with E-state index >= 15 is 0 Å². The van der Waals surface area contributed by atoms with Gasteiger partial charge in [0, 0.05) is 23.3 Å². The van der Waals surface area contributed by atoms with Crippen molar-refractivity contribution >= 4 is 11.6 Å². The monoisotopic (exact) mass is 380 g/mol. The molecule has 0 saturated carbocycles. The summed E-state index contributed by atoms with van der Waals surface area (Å²) in [5.41, 5.74) is 2.04. The number of nitrogens with zero attached hydrogens (tertiary/aromatic N) is 4. The van der Waals surface area contributed by atoms with Gasteiger partial charge >= 0.3 is 0 Å². The predicted octanol–water partition coefficient (Wildman–Crippen LogP) is 4.52. The van der Waals surface area contributed by atoms with Gasteiger partial charge in [0.25, 0.3) is 0 Å². The molecule has 0 N–H and O–H groups in total. The zero-order chi connectivity index (χ0) is 18.4. The van der Waals surface area contributed by atoms with Gasteiger partial charge in [-0.3, -0.25) is 9.88 Å². The van der Waals surface area contributed by atoms with Crippen molar-refractivity contribution in [3.8, 4) is 11.5 Å². The van der Waals surface area contributed by atoms with E-state index in [4.69, 9.17) is 21.1 Å². The average molecular weight is 381 g/mol. The van der Waals surface area contributed by atoms with Crippen LogP contribution >= 0.6 is 11.6 Å². The molecule has 2 fully saturated rings. The fourth-order valence-electron chi connectivity index (χ4n) is 4.83. The van der Waals surface area contributed by atoms with E-state index in [1.165, 1.54) is 12.0 Å². The van der Waals surface area contributed by atoms with Crippen LogP contribution in [0.25, 0.3) is 11.5 Å². The molecule has 5 rings (SSSR count). The first kappa shape index (κ1) is 16.9. The average Bonchev–Trinajstić information content (AvgIpc) is 3.26. The second-order valence-electron chi connectivity index (χ2n) is 7.55. The first-order valence-corrected chi connectivity index (χ1v) is 9.81. The molecule has 138 valence electrons. The molecule has 0 aliphatic carbocycles. The molecule has 4 heterocycles. The van der Waals surface area contributed by atoms with E-state index < -0.39 is 0 Å². The summed E-state index contributed by atoms with van der Waals surface area (Å²) in [6, 6.07) is 15.0. The van der Waals surface area contributed by atoms with Crippen molar-refractivity contribution in [2.24, 2.45) is 0 Å². The highest BCUT2D eigenvalue weighted by atomic mass is 35.5. The Labute approximate surface area is 163 Å². The topological polar surface area (TPSA) is 55.1 Å². The lowest BCUT2D eigenvalue weighted by Crippen LogP contribution is -2.44. The third kappa shape index (κ3) is 2.95. The summed E-state index contributed by atoms with van der Waals surface area (Å²) in [4.78, 5) is 11.6. The molecule has 2 bridgehead atoms. The largest absolute Gasteiger partial charge is 0.339 e. The van der Waals surface area contributed by atoms with Crippen LogP contribution in [0.2, 0.25) is 5.02 Å². The van der Waals surface area contributed by atoms with E-state index in [1.54, 1.807) is 6.20 Å². The van der Waals surface area contributed by atoms with Crippen LogP contribution in [0, 0.1) is 0 Å². The van der Waals surface area contributed by atoms with Gasteiger partial charge in [0.15, 0.2) is 0 Å². The summed E-state index contributed by atoms with van der Waals surface area (Å²) in [7, 11) is 2.23. The van der Waals surface area contributed by atoms with Crippen LogP contribution in [0.4, 0.5) is 0 Å². The van der Waals surface area contributed by atoms with E-state index in [-0.39, 0.29) is 5.92 Å². The van der Waals surface area contributed by atoms with Crippen molar-refractivity contribution in [1.29, 1.82) is 0 Å². The van der Waals surface area contributed by atoms with Crippen LogP contribution < -0.4 is 0 Å². The Hall–Kier alpha value is -2.24. The van der Waals surface area contributed by atoms with Crippen LogP contribution in [0.3, 0.4) is 0 Å². The van der Waals surface area contributed by atoms with Crippen molar-refractivity contribution in [1.82, 2.24) is 20.0 Å². The normalized spacial score (nSPS) is 27.8. The van der Waals surface area contributed by atoms with Crippen LogP contribution in [-0.2, 0) is 0 Å². The van der Waals surface area contributed by atoms with Gasteiger partial charge in [-0.1, -0.05) is 35.0 Å². The lowest BCUT2D eigenvalue weighted by molar-refractivity contribution is 0.120. The highest BCUT2D eigenvalue weighted by molar-refractivity contribution is 6.30.